The minimum atomic E-state index is -0.418. The maximum Gasteiger partial charge on any atom is 0.0640 e. The van der Waals surface area contributed by atoms with E-state index in [2.05, 4.69) is 242 Å². The summed E-state index contributed by atoms with van der Waals surface area (Å²) in [5, 5.41) is 5.31. The molecular formula is C66H53NS. The molecule has 0 N–H and O–H groups in total. The van der Waals surface area contributed by atoms with Crippen molar-refractivity contribution < 1.29 is 0 Å². The zero-order valence-electron chi connectivity index (χ0n) is 38.5. The minimum Gasteiger partial charge on any atom is -0.308 e. The normalized spacial score (nSPS) is 18.7. The van der Waals surface area contributed by atoms with Gasteiger partial charge in [-0.25, -0.2) is 0 Å². The second-order valence-electron chi connectivity index (χ2n) is 19.5. The van der Waals surface area contributed by atoms with Crippen molar-refractivity contribution in [3.05, 3.63) is 264 Å². The van der Waals surface area contributed by atoms with Gasteiger partial charge in [0.2, 0.25) is 0 Å². The van der Waals surface area contributed by atoms with Gasteiger partial charge in [-0.3, -0.25) is 0 Å². The van der Waals surface area contributed by atoms with Crippen LogP contribution in [0.2, 0.25) is 0 Å². The molecule has 0 saturated heterocycles. The summed E-state index contributed by atoms with van der Waals surface area (Å²) >= 11 is 1.90. The standard InChI is InChI=1S/C66H53NS/c1-65-43-42-47(44-62(65)66(48-26-7-3-8-27-48,49-28-9-4-10-29-49)57-37-15-14-36-56(57)65)50-30-11-16-38-58(50)67(60-40-21-35-55-53-32-13-18-41-61(53)68-64(55)60)59-39-17-12-31-52(59)54-34-20-25-46-24-19-33-51(63(46)54)45-22-5-2-6-23-45/h3-4,7-21,24-45,62H,2,5-6,22-23H2,1H3. The maximum absolute atomic E-state index is 2.64. The second-order valence-corrected chi connectivity index (χ2v) is 20.6. The van der Waals surface area contributed by atoms with Gasteiger partial charge in [0, 0.05) is 37.9 Å². The van der Waals surface area contributed by atoms with Crippen LogP contribution in [0.15, 0.2) is 231 Å². The van der Waals surface area contributed by atoms with Crippen molar-refractivity contribution >= 4 is 64.9 Å². The van der Waals surface area contributed by atoms with Crippen LogP contribution in [0.4, 0.5) is 17.1 Å². The molecular weight excluding hydrogens is 839 g/mol. The molecule has 328 valence electrons. The highest BCUT2D eigenvalue weighted by Crippen LogP contribution is 2.63. The second kappa shape index (κ2) is 16.5. The lowest BCUT2D eigenvalue weighted by atomic mass is 9.59. The fraction of sp³-hybridized carbons (Fsp3) is 0.152. The largest absolute Gasteiger partial charge is 0.308 e. The first kappa shape index (κ1) is 41.0. The van der Waals surface area contributed by atoms with Gasteiger partial charge >= 0.3 is 0 Å². The topological polar surface area (TPSA) is 3.24 Å². The Kier molecular flexibility index (Phi) is 9.95. The number of nitrogens with zero attached hydrogens (tertiary/aromatic N) is 1. The van der Waals surface area contributed by atoms with Gasteiger partial charge in [-0.2, -0.15) is 0 Å². The van der Waals surface area contributed by atoms with E-state index in [1.807, 2.05) is 11.3 Å². The van der Waals surface area contributed by atoms with Crippen molar-refractivity contribution in [1.29, 1.82) is 0 Å². The van der Waals surface area contributed by atoms with E-state index in [9.17, 15) is 0 Å². The van der Waals surface area contributed by atoms with Gasteiger partial charge in [-0.15, -0.1) is 11.3 Å². The van der Waals surface area contributed by atoms with Crippen molar-refractivity contribution in [1.82, 2.24) is 0 Å². The molecule has 2 unspecified atom stereocenters. The molecule has 2 heteroatoms. The van der Waals surface area contributed by atoms with E-state index in [0.29, 0.717) is 5.92 Å². The van der Waals surface area contributed by atoms with E-state index in [1.165, 1.54) is 125 Å². The number of thiophene rings is 1. The molecule has 13 rings (SSSR count). The molecule has 1 saturated carbocycles. The molecule has 9 aromatic carbocycles. The number of hydrogen-bond donors (Lipinski definition) is 0. The lowest BCUT2D eigenvalue weighted by Gasteiger charge is -2.43. The van der Waals surface area contributed by atoms with E-state index < -0.39 is 5.41 Å². The first-order chi connectivity index (χ1) is 33.6. The Morgan fingerprint density at radius 2 is 1.06 bits per heavy atom. The summed E-state index contributed by atoms with van der Waals surface area (Å²) in [6, 6.07) is 80.1. The van der Waals surface area contributed by atoms with Crippen molar-refractivity contribution in [3.8, 4) is 11.1 Å². The van der Waals surface area contributed by atoms with Gasteiger partial charge in [-0.05, 0) is 92.8 Å². The molecule has 0 spiro atoms. The van der Waals surface area contributed by atoms with E-state index >= 15 is 0 Å². The summed E-state index contributed by atoms with van der Waals surface area (Å²) in [5.41, 5.74) is 14.8. The summed E-state index contributed by atoms with van der Waals surface area (Å²) in [5.74, 6) is 0.659. The number of anilines is 3. The molecule has 0 radical (unpaired) electrons. The Hall–Kier alpha value is -7.26. The average molecular weight is 892 g/mol. The minimum absolute atomic E-state index is 0.0888. The predicted octanol–water partition coefficient (Wildman–Crippen LogP) is 18.3. The van der Waals surface area contributed by atoms with Crippen LogP contribution in [0.3, 0.4) is 0 Å². The summed E-state index contributed by atoms with van der Waals surface area (Å²) in [4.78, 5) is 2.61. The van der Waals surface area contributed by atoms with Gasteiger partial charge in [0.1, 0.15) is 0 Å². The van der Waals surface area contributed by atoms with Crippen molar-refractivity contribution in [2.75, 3.05) is 4.90 Å². The van der Waals surface area contributed by atoms with Gasteiger partial charge in [-0.1, -0.05) is 232 Å². The van der Waals surface area contributed by atoms with Crippen molar-refractivity contribution in [3.63, 3.8) is 0 Å². The van der Waals surface area contributed by atoms with Crippen LogP contribution < -0.4 is 4.90 Å². The molecule has 68 heavy (non-hydrogen) atoms. The third-order valence-electron chi connectivity index (χ3n) is 16.0. The highest BCUT2D eigenvalue weighted by atomic mass is 32.1. The molecule has 3 aliphatic rings. The Balaban J connectivity index is 1.07. The number of benzene rings is 9. The van der Waals surface area contributed by atoms with Crippen LogP contribution >= 0.6 is 11.3 Å². The van der Waals surface area contributed by atoms with Crippen molar-refractivity contribution in [2.24, 2.45) is 5.92 Å². The van der Waals surface area contributed by atoms with Crippen LogP contribution in [0, 0.1) is 5.92 Å². The Morgan fingerprint density at radius 3 is 1.82 bits per heavy atom. The fourth-order valence-electron chi connectivity index (χ4n) is 12.9. The first-order valence-electron chi connectivity index (χ1n) is 24.7. The quantitative estimate of drug-likeness (QED) is 0.147. The lowest BCUT2D eigenvalue weighted by Crippen LogP contribution is -2.40. The molecule has 10 aromatic rings. The van der Waals surface area contributed by atoms with Crippen LogP contribution in [0.1, 0.15) is 78.3 Å². The van der Waals surface area contributed by atoms with Crippen LogP contribution in [-0.2, 0) is 10.8 Å². The SMILES string of the molecule is CC12C=CC(c3ccccc3N(c3ccccc3-c3cccc4cccc(C5CCCCC5)c34)c3cccc4c3sc3ccccc34)=CC1C(c1ccccc1)(c1ccccc1)c1ccccc12. The van der Waals surface area contributed by atoms with Gasteiger partial charge in [0.25, 0.3) is 0 Å². The van der Waals surface area contributed by atoms with E-state index in [1.54, 1.807) is 0 Å². The van der Waals surface area contributed by atoms with Crippen LogP contribution in [0.5, 0.6) is 0 Å². The summed E-state index contributed by atoms with van der Waals surface area (Å²) in [7, 11) is 0. The molecule has 1 nitrogen and oxygen atoms in total. The fourth-order valence-corrected chi connectivity index (χ4v) is 14.2. The van der Waals surface area contributed by atoms with Gasteiger partial charge < -0.3 is 4.90 Å². The molecule has 3 aliphatic carbocycles. The van der Waals surface area contributed by atoms with Crippen molar-refractivity contribution in [2.45, 2.75) is 55.8 Å². The Labute approximate surface area is 404 Å². The zero-order valence-corrected chi connectivity index (χ0v) is 39.3. The zero-order chi connectivity index (χ0) is 45.2. The summed E-state index contributed by atoms with van der Waals surface area (Å²) < 4.78 is 2.59. The van der Waals surface area contributed by atoms with Crippen LogP contribution in [0.25, 0.3) is 47.6 Å². The van der Waals surface area contributed by atoms with Crippen LogP contribution in [-0.4, -0.2) is 0 Å². The molecule has 1 fully saturated rings. The Morgan fingerprint density at radius 1 is 0.485 bits per heavy atom. The molecule has 1 aromatic heterocycles. The molecule has 0 amide bonds. The summed E-state index contributed by atoms with van der Waals surface area (Å²) in [6.45, 7) is 2.47. The summed E-state index contributed by atoms with van der Waals surface area (Å²) in [6.07, 6.45) is 14.1. The third kappa shape index (κ3) is 6.27. The highest BCUT2D eigenvalue weighted by Gasteiger charge is 2.58. The smallest absolute Gasteiger partial charge is 0.0640 e. The van der Waals surface area contributed by atoms with E-state index in [0.717, 1.165) is 5.69 Å². The van der Waals surface area contributed by atoms with Gasteiger partial charge in [0.15, 0.2) is 0 Å². The molecule has 0 aliphatic heterocycles. The third-order valence-corrected chi connectivity index (χ3v) is 17.2. The highest BCUT2D eigenvalue weighted by molar-refractivity contribution is 7.26. The molecule has 2 atom stereocenters. The number of fused-ring (bicyclic) bond motifs is 7. The number of allylic oxidation sites excluding steroid dienone is 4. The first-order valence-corrected chi connectivity index (χ1v) is 25.5. The predicted molar refractivity (Wildman–Crippen MR) is 290 cm³/mol. The van der Waals surface area contributed by atoms with E-state index in [-0.39, 0.29) is 11.3 Å². The molecule has 0 bridgehead atoms. The Bertz CT molecular complexity index is 3540. The van der Waals surface area contributed by atoms with E-state index in [4.69, 9.17) is 0 Å². The number of rotatable bonds is 8. The lowest BCUT2D eigenvalue weighted by molar-refractivity contribution is 0.368. The number of para-hydroxylation sites is 2. The average Bonchev–Trinajstić information content (AvgIpc) is 3.91. The van der Waals surface area contributed by atoms with Gasteiger partial charge in [0.05, 0.1) is 27.2 Å². The number of hydrogen-bond acceptors (Lipinski definition) is 2. The monoisotopic (exact) mass is 891 g/mol. The maximum atomic E-state index is 2.64. The molecule has 1 heterocycles.